The van der Waals surface area contributed by atoms with Crippen molar-refractivity contribution in [3.63, 3.8) is 0 Å². The molecule has 1 unspecified atom stereocenters. The molecule has 1 aromatic carbocycles. The molecule has 152 valence electrons. The molecule has 0 fully saturated rings. The Morgan fingerprint density at radius 1 is 1.32 bits per heavy atom. The first kappa shape index (κ1) is 11.2. The standard InChI is InChI=1S/C19H23Cl2N3O4/c1-11(2)3-16(18(25)26)23-17(19(27)28)7-15-8-22-10-24(15)9-12-4-13(20)6-14(21)5-12/h4-6,8,10-11,16-17,23H,3,7,9H2,1-2H3,(H,25,26)(H,27,28)/t16-,17-/m0/s1/i1D2,2D3,3D2,9D2,11D,16D/t11?,16-,17-. The van der Waals surface area contributed by atoms with Crippen molar-refractivity contribution in [3.8, 4) is 0 Å². The van der Waals surface area contributed by atoms with E-state index in [4.69, 9.17) is 38.3 Å². The second-order valence-electron chi connectivity index (χ2n) is 5.48. The molecule has 3 atom stereocenters. The quantitative estimate of drug-likeness (QED) is 0.525. The third kappa shape index (κ3) is 6.51. The van der Waals surface area contributed by atoms with Crippen LogP contribution >= 0.6 is 23.2 Å². The number of imidazole rings is 1. The molecular formula is C19H23Cl2N3O4. The van der Waals surface area contributed by atoms with Gasteiger partial charge in [0.1, 0.15) is 12.1 Å². The highest BCUT2D eigenvalue weighted by Crippen LogP contribution is 2.20. The highest BCUT2D eigenvalue weighted by atomic mass is 35.5. The molecule has 7 nitrogen and oxygen atoms in total. The summed E-state index contributed by atoms with van der Waals surface area (Å²) < 4.78 is 88.2. The molecule has 0 amide bonds. The maximum atomic E-state index is 12.1. The number of hydrogen-bond donors (Lipinski definition) is 3. The van der Waals surface area contributed by atoms with Crippen LogP contribution in [0.2, 0.25) is 10.0 Å². The fourth-order valence-corrected chi connectivity index (χ4v) is 2.73. The number of aliphatic carboxylic acids is 2. The third-order valence-electron chi connectivity index (χ3n) is 3.33. The van der Waals surface area contributed by atoms with Crippen molar-refractivity contribution in [1.82, 2.24) is 14.9 Å². The number of halogens is 2. The smallest absolute Gasteiger partial charge is 0.321 e. The molecule has 0 aliphatic carbocycles. The Bertz CT molecular complexity index is 1220. The number of benzene rings is 1. The van der Waals surface area contributed by atoms with Crippen LogP contribution < -0.4 is 5.32 Å². The molecule has 2 rings (SSSR count). The van der Waals surface area contributed by atoms with E-state index in [1.807, 2.05) is 0 Å². The summed E-state index contributed by atoms with van der Waals surface area (Å²) in [7, 11) is 0. The lowest BCUT2D eigenvalue weighted by molar-refractivity contribution is -0.142. The lowest BCUT2D eigenvalue weighted by atomic mass is 10.0. The molecule has 3 N–H and O–H groups in total. The van der Waals surface area contributed by atoms with Crippen LogP contribution in [-0.4, -0.2) is 43.8 Å². The zero-order chi connectivity index (χ0) is 30.4. The van der Waals surface area contributed by atoms with E-state index in [1.54, 1.807) is 5.32 Å². The number of nitrogens with zero attached hydrogens (tertiary/aromatic N) is 2. The number of carboxylic acids is 2. The Kier molecular flexibility index (Phi) is 3.96. The van der Waals surface area contributed by atoms with Crippen LogP contribution in [0, 0.1) is 5.89 Å². The average molecular weight is 439 g/mol. The van der Waals surface area contributed by atoms with E-state index in [9.17, 15) is 19.8 Å². The van der Waals surface area contributed by atoms with Gasteiger partial charge in [0, 0.05) is 45.8 Å². The monoisotopic (exact) mass is 438 g/mol. The normalized spacial score (nSPS) is 24.0. The van der Waals surface area contributed by atoms with Gasteiger partial charge in [0.2, 0.25) is 0 Å². The maximum absolute atomic E-state index is 12.1. The van der Waals surface area contributed by atoms with Crippen molar-refractivity contribution in [2.45, 2.75) is 45.1 Å². The second-order valence-corrected chi connectivity index (χ2v) is 6.36. The average Bonchev–Trinajstić information content (AvgIpc) is 3.25. The highest BCUT2D eigenvalue weighted by molar-refractivity contribution is 6.34. The predicted octanol–water partition coefficient (Wildman–Crippen LogP) is 3.32. The lowest BCUT2D eigenvalue weighted by Crippen LogP contribution is -2.49. The number of rotatable bonds is 10. The van der Waals surface area contributed by atoms with Crippen molar-refractivity contribution < 1.29 is 34.9 Å². The van der Waals surface area contributed by atoms with E-state index in [0.717, 1.165) is 17.1 Å². The summed E-state index contributed by atoms with van der Waals surface area (Å²) in [5, 5.41) is 21.4. The Hall–Kier alpha value is -2.09. The van der Waals surface area contributed by atoms with E-state index in [1.165, 1.54) is 18.2 Å². The summed E-state index contributed by atoms with van der Waals surface area (Å²) in [4.78, 5) is 28.0. The third-order valence-corrected chi connectivity index (χ3v) is 3.77. The molecular weight excluding hydrogens is 405 g/mol. The molecule has 0 bridgehead atoms. The number of nitrogens with one attached hydrogen (secondary N) is 1. The van der Waals surface area contributed by atoms with Gasteiger partial charge in [0.25, 0.3) is 0 Å². The summed E-state index contributed by atoms with van der Waals surface area (Å²) in [5.74, 6) is -8.08. The molecule has 0 spiro atoms. The molecule has 28 heavy (non-hydrogen) atoms. The van der Waals surface area contributed by atoms with E-state index >= 15 is 0 Å². The number of hydrogen-bond acceptors (Lipinski definition) is 4. The van der Waals surface area contributed by atoms with Crippen LogP contribution in [0.15, 0.2) is 30.7 Å². The number of carboxylic acid groups (broad SMARTS) is 2. The van der Waals surface area contributed by atoms with E-state index in [2.05, 4.69) is 4.98 Å². The fraction of sp³-hybridized carbons (Fsp3) is 0.421. The SMILES string of the molecule is [2H]C([2H])C([2H])(C([2H])([2H])[2H])C([2H])([2H])[C@]([2H])(N[C@@H](Cc1cncn1C([2H])([2H])c1cc(Cl)cc(Cl)c1)C(=O)O)C(=O)O. The van der Waals surface area contributed by atoms with Gasteiger partial charge >= 0.3 is 11.9 Å². The number of aromatic nitrogens is 2. The summed E-state index contributed by atoms with van der Waals surface area (Å²) in [6.45, 7) is -9.04. The van der Waals surface area contributed by atoms with Gasteiger partial charge in [-0.05, 0) is 36.0 Å². The molecule has 2 aromatic rings. The minimum atomic E-state index is -4.05. The van der Waals surface area contributed by atoms with Crippen molar-refractivity contribution in [2.75, 3.05) is 0 Å². The minimum absolute atomic E-state index is 0.0654. The topological polar surface area (TPSA) is 104 Å². The zero-order valence-corrected chi connectivity index (χ0v) is 15.6. The predicted molar refractivity (Wildman–Crippen MR) is 107 cm³/mol. The van der Waals surface area contributed by atoms with Gasteiger partial charge in [-0.2, -0.15) is 0 Å². The van der Waals surface area contributed by atoms with E-state index in [-0.39, 0.29) is 21.3 Å². The van der Waals surface area contributed by atoms with Crippen LogP contribution in [-0.2, 0) is 22.5 Å². The van der Waals surface area contributed by atoms with Crippen LogP contribution in [0.4, 0.5) is 0 Å². The molecule has 0 saturated carbocycles. The largest absolute Gasteiger partial charge is 0.480 e. The molecule has 1 heterocycles. The Morgan fingerprint density at radius 3 is 2.61 bits per heavy atom. The first-order valence-corrected chi connectivity index (χ1v) is 8.36. The zero-order valence-electron chi connectivity index (χ0n) is 25.1. The van der Waals surface area contributed by atoms with Crippen LogP contribution in [0.1, 0.15) is 46.4 Å². The molecule has 0 radical (unpaired) electrons. The van der Waals surface area contributed by atoms with Crippen LogP contribution in [0.25, 0.3) is 0 Å². The van der Waals surface area contributed by atoms with Gasteiger partial charge in [-0.3, -0.25) is 14.9 Å². The van der Waals surface area contributed by atoms with E-state index < -0.39 is 62.9 Å². The maximum Gasteiger partial charge on any atom is 0.321 e. The van der Waals surface area contributed by atoms with Crippen LogP contribution in [0.3, 0.4) is 0 Å². The van der Waals surface area contributed by atoms with Gasteiger partial charge in [-0.25, -0.2) is 4.98 Å². The molecule has 0 aliphatic heterocycles. The van der Waals surface area contributed by atoms with Crippen molar-refractivity contribution in [2.24, 2.45) is 5.89 Å². The van der Waals surface area contributed by atoms with Crippen molar-refractivity contribution in [1.29, 1.82) is 0 Å². The van der Waals surface area contributed by atoms with Crippen LogP contribution in [0.5, 0.6) is 0 Å². The highest BCUT2D eigenvalue weighted by Gasteiger charge is 2.27. The molecule has 0 aliphatic rings. The Labute approximate surface area is 188 Å². The van der Waals surface area contributed by atoms with Crippen molar-refractivity contribution >= 4 is 35.1 Å². The first-order valence-electron chi connectivity index (χ1n) is 13.3. The fourth-order valence-electron chi connectivity index (χ4n) is 2.20. The molecule has 1 aromatic heterocycles. The van der Waals surface area contributed by atoms with E-state index in [0.29, 0.717) is 0 Å². The lowest BCUT2D eigenvalue weighted by Gasteiger charge is -2.22. The summed E-state index contributed by atoms with van der Waals surface area (Å²) in [6.07, 6.45) is -2.84. The Balaban J connectivity index is 2.58. The summed E-state index contributed by atoms with van der Waals surface area (Å²) in [6, 6.07) is -2.22. The summed E-state index contributed by atoms with van der Waals surface area (Å²) in [5.41, 5.74) is -0.250. The van der Waals surface area contributed by atoms with Gasteiger partial charge in [0.05, 0.1) is 10.4 Å². The van der Waals surface area contributed by atoms with Gasteiger partial charge in [0.15, 0.2) is 0 Å². The van der Waals surface area contributed by atoms with Gasteiger partial charge in [-0.1, -0.05) is 36.9 Å². The van der Waals surface area contributed by atoms with Crippen molar-refractivity contribution in [3.05, 3.63) is 52.0 Å². The van der Waals surface area contributed by atoms with Gasteiger partial charge < -0.3 is 14.8 Å². The molecule has 0 saturated heterocycles. The second kappa shape index (κ2) is 9.91. The number of carbonyl (C=O) groups is 2. The first-order chi connectivity index (χ1) is 17.5. The summed E-state index contributed by atoms with van der Waals surface area (Å²) >= 11 is 11.9. The Morgan fingerprint density at radius 2 is 2.04 bits per heavy atom. The molecule has 9 heteroatoms. The van der Waals surface area contributed by atoms with Gasteiger partial charge in [-0.15, -0.1) is 0 Å². The minimum Gasteiger partial charge on any atom is -0.480 e.